The van der Waals surface area contributed by atoms with Gasteiger partial charge in [0.1, 0.15) is 0 Å². The van der Waals surface area contributed by atoms with E-state index in [0.717, 1.165) is 44.9 Å². The van der Waals surface area contributed by atoms with Crippen LogP contribution >= 0.6 is 0 Å². The van der Waals surface area contributed by atoms with E-state index in [9.17, 15) is 19.8 Å². The maximum absolute atomic E-state index is 12.4. The predicted molar refractivity (Wildman–Crippen MR) is 250 cm³/mol. The molecule has 344 valence electrons. The van der Waals surface area contributed by atoms with Crippen LogP contribution in [0.2, 0.25) is 0 Å². The summed E-state index contributed by atoms with van der Waals surface area (Å²) in [6.45, 7) is 4.92. The third kappa shape index (κ3) is 44.2. The van der Waals surface area contributed by atoms with E-state index in [1.807, 2.05) is 0 Å². The van der Waals surface area contributed by atoms with Crippen LogP contribution in [0.4, 0.5) is 0 Å². The molecule has 0 aromatic rings. The van der Waals surface area contributed by atoms with E-state index in [2.05, 4.69) is 31.3 Å². The molecule has 0 spiro atoms. The molecule has 0 saturated carbocycles. The van der Waals surface area contributed by atoms with Crippen molar-refractivity contribution in [3.63, 3.8) is 0 Å². The normalized spacial score (nSPS) is 12.7. The van der Waals surface area contributed by atoms with Gasteiger partial charge < -0.3 is 20.3 Å². The van der Waals surface area contributed by atoms with Gasteiger partial charge in [0.15, 0.2) is 0 Å². The first-order valence-electron chi connectivity index (χ1n) is 25.9. The van der Waals surface area contributed by atoms with Crippen LogP contribution in [-0.2, 0) is 14.3 Å². The molecule has 6 heteroatoms. The van der Waals surface area contributed by atoms with Crippen molar-refractivity contribution in [2.24, 2.45) is 0 Å². The molecule has 0 aliphatic carbocycles. The molecule has 0 aromatic carbocycles. The molecule has 2 atom stereocenters. The minimum Gasteiger partial charge on any atom is -0.466 e. The van der Waals surface area contributed by atoms with Crippen molar-refractivity contribution in [1.29, 1.82) is 0 Å². The molecule has 0 saturated heterocycles. The first-order chi connectivity index (χ1) is 28.5. The highest BCUT2D eigenvalue weighted by Crippen LogP contribution is 2.16. The van der Waals surface area contributed by atoms with Gasteiger partial charge in [-0.05, 0) is 51.4 Å². The third-order valence-electron chi connectivity index (χ3n) is 12.1. The number of hydrogen-bond donors (Lipinski definition) is 3. The topological polar surface area (TPSA) is 95.9 Å². The molecule has 1 amide bonds. The van der Waals surface area contributed by atoms with Crippen LogP contribution < -0.4 is 5.32 Å². The lowest BCUT2D eigenvalue weighted by molar-refractivity contribution is -0.143. The second-order valence-corrected chi connectivity index (χ2v) is 17.9. The number of unbranched alkanes of at least 4 members (excludes halogenated alkanes) is 35. The van der Waals surface area contributed by atoms with E-state index < -0.39 is 12.1 Å². The van der Waals surface area contributed by atoms with Crippen LogP contribution in [0, 0.1) is 0 Å². The van der Waals surface area contributed by atoms with Crippen molar-refractivity contribution in [2.75, 3.05) is 13.2 Å². The smallest absolute Gasteiger partial charge is 0.305 e. The number of aliphatic hydroxyl groups excluding tert-OH is 2. The number of ether oxygens (including phenoxy) is 1. The Kier molecular flexibility index (Phi) is 47.1. The quantitative estimate of drug-likeness (QED) is 0.0323. The van der Waals surface area contributed by atoms with Gasteiger partial charge >= 0.3 is 5.97 Å². The van der Waals surface area contributed by atoms with Gasteiger partial charge in [0.05, 0.1) is 25.4 Å². The summed E-state index contributed by atoms with van der Waals surface area (Å²) in [4.78, 5) is 24.4. The first kappa shape index (κ1) is 56.6. The molecule has 0 aliphatic rings. The van der Waals surface area contributed by atoms with E-state index in [-0.39, 0.29) is 18.5 Å². The van der Waals surface area contributed by atoms with Gasteiger partial charge in [-0.1, -0.05) is 231 Å². The average Bonchev–Trinajstić information content (AvgIpc) is 3.22. The number of nitrogens with one attached hydrogen (secondary N) is 1. The Morgan fingerprint density at radius 1 is 0.466 bits per heavy atom. The Morgan fingerprint density at radius 3 is 1.22 bits per heavy atom. The van der Waals surface area contributed by atoms with Gasteiger partial charge in [0.25, 0.3) is 0 Å². The van der Waals surface area contributed by atoms with Crippen LogP contribution in [0.15, 0.2) is 12.2 Å². The molecular weight excluding hydrogens is 719 g/mol. The molecule has 0 aliphatic heterocycles. The third-order valence-corrected chi connectivity index (χ3v) is 12.1. The fourth-order valence-electron chi connectivity index (χ4n) is 8.05. The van der Waals surface area contributed by atoms with E-state index in [1.165, 1.54) is 205 Å². The Balaban J connectivity index is 3.39. The van der Waals surface area contributed by atoms with Gasteiger partial charge in [-0.15, -0.1) is 0 Å². The zero-order valence-electron chi connectivity index (χ0n) is 39.0. The number of carbonyl (C=O) groups excluding carboxylic acids is 2. The summed E-state index contributed by atoms with van der Waals surface area (Å²) in [6, 6.07) is -0.543. The fourth-order valence-corrected chi connectivity index (χ4v) is 8.05. The molecule has 0 radical (unpaired) electrons. The van der Waals surface area contributed by atoms with Gasteiger partial charge in [-0.3, -0.25) is 9.59 Å². The molecular formula is C52H101NO5. The Morgan fingerprint density at radius 2 is 0.810 bits per heavy atom. The van der Waals surface area contributed by atoms with Crippen molar-refractivity contribution in [1.82, 2.24) is 5.32 Å². The zero-order chi connectivity index (χ0) is 42.3. The summed E-state index contributed by atoms with van der Waals surface area (Å²) in [5.74, 6) is -0.0450. The van der Waals surface area contributed by atoms with Crippen molar-refractivity contribution in [3.05, 3.63) is 12.2 Å². The monoisotopic (exact) mass is 820 g/mol. The second kappa shape index (κ2) is 48.3. The first-order valence-corrected chi connectivity index (χ1v) is 25.9. The van der Waals surface area contributed by atoms with E-state index >= 15 is 0 Å². The summed E-state index contributed by atoms with van der Waals surface area (Å²) in [5.41, 5.74) is 0. The molecule has 0 rings (SSSR count). The summed E-state index contributed by atoms with van der Waals surface area (Å²) in [5, 5.41) is 23.1. The SMILES string of the molecule is CCCCCCC/C=C\CCCCCCCC(=O)OCCCCCCCCCCCCCCCCCCCC(=O)NC(CO)C(O)CCCCCCCCCCCC. The lowest BCUT2D eigenvalue weighted by atomic mass is 10.0. The molecule has 6 nitrogen and oxygen atoms in total. The van der Waals surface area contributed by atoms with Crippen molar-refractivity contribution >= 4 is 11.9 Å². The average molecular weight is 820 g/mol. The highest BCUT2D eigenvalue weighted by atomic mass is 16.5. The lowest BCUT2D eigenvalue weighted by Gasteiger charge is -2.22. The number of allylic oxidation sites excluding steroid dienone is 2. The van der Waals surface area contributed by atoms with Crippen molar-refractivity contribution in [2.45, 2.75) is 296 Å². The number of esters is 1. The minimum absolute atomic E-state index is 0.00324. The van der Waals surface area contributed by atoms with Gasteiger partial charge in [0.2, 0.25) is 5.91 Å². The molecule has 2 unspecified atom stereocenters. The maximum Gasteiger partial charge on any atom is 0.305 e. The Bertz CT molecular complexity index is 863. The highest BCUT2D eigenvalue weighted by molar-refractivity contribution is 5.76. The highest BCUT2D eigenvalue weighted by Gasteiger charge is 2.20. The molecule has 0 aromatic heterocycles. The second-order valence-electron chi connectivity index (χ2n) is 17.9. The number of hydrogen-bond acceptors (Lipinski definition) is 5. The number of carbonyl (C=O) groups is 2. The molecule has 0 bridgehead atoms. The zero-order valence-corrected chi connectivity index (χ0v) is 39.0. The molecule has 58 heavy (non-hydrogen) atoms. The van der Waals surface area contributed by atoms with Crippen molar-refractivity contribution < 1.29 is 24.5 Å². The van der Waals surface area contributed by atoms with Gasteiger partial charge in [-0.2, -0.15) is 0 Å². The van der Waals surface area contributed by atoms with Gasteiger partial charge in [0, 0.05) is 12.8 Å². The Labute approximate surface area is 361 Å². The summed E-state index contributed by atoms with van der Waals surface area (Å²) < 4.78 is 5.46. The number of aliphatic hydroxyl groups is 2. The molecule has 3 N–H and O–H groups in total. The summed E-state index contributed by atoms with van der Waals surface area (Å²) in [7, 11) is 0. The standard InChI is InChI=1S/C52H101NO5/c1-3-5-7-9-11-13-15-16-23-26-30-34-38-42-46-52(57)58-47-43-39-35-31-27-24-21-19-17-18-20-22-25-29-33-37-41-45-51(56)53-49(48-54)50(55)44-40-36-32-28-14-12-10-8-6-4-2/h15-16,49-50,54-55H,3-14,17-48H2,1-2H3,(H,53,56)/b16-15-. The van der Waals surface area contributed by atoms with Crippen LogP contribution in [0.25, 0.3) is 0 Å². The predicted octanol–water partition coefficient (Wildman–Crippen LogP) is 15.3. The van der Waals surface area contributed by atoms with E-state index in [4.69, 9.17) is 4.74 Å². The van der Waals surface area contributed by atoms with Gasteiger partial charge in [-0.25, -0.2) is 0 Å². The van der Waals surface area contributed by atoms with E-state index in [0.29, 0.717) is 25.9 Å². The van der Waals surface area contributed by atoms with E-state index in [1.54, 1.807) is 0 Å². The van der Waals surface area contributed by atoms with Crippen LogP contribution in [0.3, 0.4) is 0 Å². The largest absolute Gasteiger partial charge is 0.466 e. The van der Waals surface area contributed by atoms with Crippen LogP contribution in [0.5, 0.6) is 0 Å². The summed E-state index contributed by atoms with van der Waals surface area (Å²) in [6.07, 6.45) is 54.7. The fraction of sp³-hybridized carbons (Fsp3) is 0.923. The van der Waals surface area contributed by atoms with Crippen LogP contribution in [-0.4, -0.2) is 47.4 Å². The lowest BCUT2D eigenvalue weighted by Crippen LogP contribution is -2.45. The minimum atomic E-state index is -0.665. The number of amides is 1. The van der Waals surface area contributed by atoms with Crippen LogP contribution in [0.1, 0.15) is 284 Å². The molecule has 0 fully saturated rings. The maximum atomic E-state index is 12.4. The molecule has 0 heterocycles. The summed E-state index contributed by atoms with van der Waals surface area (Å²) >= 11 is 0. The van der Waals surface area contributed by atoms with Crippen molar-refractivity contribution in [3.8, 4) is 0 Å². The number of rotatable bonds is 48. The Hall–Kier alpha value is -1.40.